The molecule has 6 heteroatoms. The highest BCUT2D eigenvalue weighted by atomic mass is 16.3. The predicted octanol–water partition coefficient (Wildman–Crippen LogP) is 2.78. The minimum Gasteiger partial charge on any atom is -0.396 e. The number of nitrogens with zero attached hydrogens (tertiary/aromatic N) is 2. The van der Waals surface area contributed by atoms with E-state index in [2.05, 4.69) is 39.6 Å². The maximum absolute atomic E-state index is 9.61. The van der Waals surface area contributed by atoms with Gasteiger partial charge in [-0.1, -0.05) is 19.1 Å². The van der Waals surface area contributed by atoms with Crippen LogP contribution >= 0.6 is 0 Å². The Labute approximate surface area is 145 Å². The minimum absolute atomic E-state index is 0.0888. The topological polar surface area (TPSA) is 99.8 Å². The van der Waals surface area contributed by atoms with Crippen molar-refractivity contribution >= 4 is 22.4 Å². The van der Waals surface area contributed by atoms with Gasteiger partial charge in [0.1, 0.15) is 5.82 Å². The Morgan fingerprint density at radius 1 is 1.32 bits per heavy atom. The molecule has 0 aliphatic heterocycles. The highest BCUT2D eigenvalue weighted by Gasteiger charge is 2.73. The molecule has 0 amide bonds. The van der Waals surface area contributed by atoms with Crippen molar-refractivity contribution in [2.75, 3.05) is 17.7 Å². The van der Waals surface area contributed by atoms with Crippen LogP contribution < -0.4 is 11.1 Å². The highest BCUT2D eigenvalue weighted by Crippen LogP contribution is 2.72. The molecule has 3 fully saturated rings. The molecule has 6 nitrogen and oxygen atoms in total. The Balaban J connectivity index is 1.53. The van der Waals surface area contributed by atoms with E-state index in [0.29, 0.717) is 11.7 Å². The summed E-state index contributed by atoms with van der Waals surface area (Å²) in [5.74, 6) is 0.978. The number of nitrogens with one attached hydrogen (secondary N) is 2. The van der Waals surface area contributed by atoms with Gasteiger partial charge in [-0.05, 0) is 30.9 Å². The maximum Gasteiger partial charge on any atom is 0.126 e. The number of benzene rings is 1. The van der Waals surface area contributed by atoms with E-state index in [1.54, 1.807) is 6.20 Å². The van der Waals surface area contributed by atoms with Crippen molar-refractivity contribution in [1.82, 2.24) is 15.2 Å². The second-order valence-corrected chi connectivity index (χ2v) is 7.67. The summed E-state index contributed by atoms with van der Waals surface area (Å²) in [6.07, 6.45) is 3.78. The fourth-order valence-corrected chi connectivity index (χ4v) is 4.79. The van der Waals surface area contributed by atoms with Gasteiger partial charge in [0.2, 0.25) is 0 Å². The highest BCUT2D eigenvalue weighted by molar-refractivity contribution is 5.95. The standard InChI is InChI=1S/C19H21N5O/c1-11-18(10-25)8-19(11,9-18)23-16-7-17(20)22-15-6-12(2-3-13(15)16)14-4-5-21-24-14/h2-7,11,25H,8-10H2,1H3,(H,21,24)(H3,20,22,23)/t11-,18?,19?/m0/s1. The fraction of sp³-hybridized carbons (Fsp3) is 0.368. The minimum atomic E-state index is 0.0888. The second kappa shape index (κ2) is 4.73. The molecule has 2 aromatic heterocycles. The van der Waals surface area contributed by atoms with Crippen molar-refractivity contribution < 1.29 is 5.11 Å². The first-order chi connectivity index (χ1) is 12.1. The summed E-state index contributed by atoms with van der Waals surface area (Å²) in [5, 5.41) is 21.4. The molecule has 1 atom stereocenters. The lowest BCUT2D eigenvalue weighted by atomic mass is 9.33. The smallest absolute Gasteiger partial charge is 0.126 e. The van der Waals surface area contributed by atoms with Crippen LogP contribution in [0.2, 0.25) is 0 Å². The van der Waals surface area contributed by atoms with Gasteiger partial charge in [0, 0.05) is 46.5 Å². The van der Waals surface area contributed by atoms with Crippen molar-refractivity contribution in [2.45, 2.75) is 25.3 Å². The number of nitrogens with two attached hydrogens (primary N) is 1. The van der Waals surface area contributed by atoms with Gasteiger partial charge >= 0.3 is 0 Å². The van der Waals surface area contributed by atoms with Gasteiger partial charge in [-0.15, -0.1) is 0 Å². The lowest BCUT2D eigenvalue weighted by Gasteiger charge is -2.75. The van der Waals surface area contributed by atoms with E-state index in [1.165, 1.54) is 0 Å². The molecule has 3 aliphatic carbocycles. The molecule has 5 N–H and O–H groups in total. The Hall–Kier alpha value is -2.60. The maximum atomic E-state index is 9.61. The SMILES string of the molecule is C[C@H]1C2(CO)CC1(Nc1cc(N)nc3cc(-c4ccn[nH]4)ccc13)C2. The lowest BCUT2D eigenvalue weighted by molar-refractivity contribution is -0.210. The van der Waals surface area contributed by atoms with E-state index in [4.69, 9.17) is 5.73 Å². The van der Waals surface area contributed by atoms with Crippen LogP contribution in [0, 0.1) is 11.3 Å². The van der Waals surface area contributed by atoms with E-state index in [1.807, 2.05) is 18.2 Å². The van der Waals surface area contributed by atoms with Gasteiger partial charge in [-0.3, -0.25) is 5.10 Å². The van der Waals surface area contributed by atoms with Crippen molar-refractivity contribution in [3.05, 3.63) is 36.5 Å². The molecule has 0 radical (unpaired) electrons. The molecule has 2 bridgehead atoms. The molecular formula is C19H21N5O. The van der Waals surface area contributed by atoms with Crippen LogP contribution in [0.3, 0.4) is 0 Å². The number of nitrogen functional groups attached to an aromatic ring is 1. The molecule has 0 unspecified atom stereocenters. The number of aliphatic hydroxyl groups is 1. The van der Waals surface area contributed by atoms with Gasteiger partial charge in [0.25, 0.3) is 0 Å². The Bertz CT molecular complexity index is 959. The van der Waals surface area contributed by atoms with Crippen LogP contribution in [0.15, 0.2) is 36.5 Å². The van der Waals surface area contributed by atoms with Crippen LogP contribution in [-0.4, -0.2) is 32.4 Å². The number of hydrogen-bond acceptors (Lipinski definition) is 5. The van der Waals surface area contributed by atoms with Crippen LogP contribution in [0.1, 0.15) is 19.8 Å². The first kappa shape index (κ1) is 14.7. The zero-order chi connectivity index (χ0) is 17.2. The summed E-state index contributed by atoms with van der Waals surface area (Å²) in [6, 6.07) is 10.0. The van der Waals surface area contributed by atoms with Crippen molar-refractivity contribution in [3.8, 4) is 11.3 Å². The van der Waals surface area contributed by atoms with Gasteiger partial charge < -0.3 is 16.2 Å². The number of aromatic amines is 1. The Morgan fingerprint density at radius 3 is 2.84 bits per heavy atom. The first-order valence-corrected chi connectivity index (χ1v) is 8.64. The van der Waals surface area contributed by atoms with Gasteiger partial charge in [0.05, 0.1) is 11.2 Å². The third kappa shape index (κ3) is 1.88. The van der Waals surface area contributed by atoms with Crippen molar-refractivity contribution in [1.29, 1.82) is 0 Å². The Morgan fingerprint density at radius 2 is 2.16 bits per heavy atom. The van der Waals surface area contributed by atoms with E-state index in [0.717, 1.165) is 40.7 Å². The lowest BCUT2D eigenvalue weighted by Crippen LogP contribution is -2.78. The normalized spacial score (nSPS) is 29.9. The summed E-state index contributed by atoms with van der Waals surface area (Å²) < 4.78 is 0. The summed E-state index contributed by atoms with van der Waals surface area (Å²) in [7, 11) is 0. The van der Waals surface area contributed by atoms with Crippen LogP contribution in [0.25, 0.3) is 22.2 Å². The molecule has 0 saturated heterocycles. The molecule has 0 spiro atoms. The molecule has 2 heterocycles. The number of aliphatic hydroxyl groups excluding tert-OH is 1. The second-order valence-electron chi connectivity index (χ2n) is 7.67. The first-order valence-electron chi connectivity index (χ1n) is 8.64. The molecule has 128 valence electrons. The molecule has 3 saturated carbocycles. The van der Waals surface area contributed by atoms with E-state index >= 15 is 0 Å². The summed E-state index contributed by atoms with van der Waals surface area (Å²) >= 11 is 0. The number of H-pyrrole nitrogens is 1. The molecule has 6 rings (SSSR count). The van der Waals surface area contributed by atoms with Crippen molar-refractivity contribution in [2.24, 2.45) is 11.3 Å². The summed E-state index contributed by atoms with van der Waals surface area (Å²) in [6.45, 7) is 2.50. The van der Waals surface area contributed by atoms with Crippen LogP contribution in [0.4, 0.5) is 11.5 Å². The summed E-state index contributed by atoms with van der Waals surface area (Å²) in [4.78, 5) is 4.51. The van der Waals surface area contributed by atoms with Crippen LogP contribution in [0.5, 0.6) is 0 Å². The molecule has 3 aromatic rings. The van der Waals surface area contributed by atoms with E-state index < -0.39 is 0 Å². The third-order valence-electron chi connectivity index (χ3n) is 6.42. The largest absolute Gasteiger partial charge is 0.396 e. The van der Waals surface area contributed by atoms with E-state index in [-0.39, 0.29) is 17.6 Å². The zero-order valence-corrected chi connectivity index (χ0v) is 14.1. The number of anilines is 2. The average Bonchev–Trinajstić information content (AvgIpc) is 3.11. The monoisotopic (exact) mass is 335 g/mol. The van der Waals surface area contributed by atoms with Gasteiger partial charge in [-0.25, -0.2) is 4.98 Å². The number of pyridine rings is 1. The molecule has 3 aliphatic rings. The van der Waals surface area contributed by atoms with E-state index in [9.17, 15) is 5.11 Å². The molecule has 1 aromatic carbocycles. The number of fused-ring (bicyclic) bond motifs is 1. The third-order valence-corrected chi connectivity index (χ3v) is 6.42. The Kier molecular flexibility index (Phi) is 2.78. The molecular weight excluding hydrogens is 314 g/mol. The van der Waals surface area contributed by atoms with Crippen LogP contribution in [-0.2, 0) is 0 Å². The van der Waals surface area contributed by atoms with Crippen molar-refractivity contribution in [3.63, 3.8) is 0 Å². The van der Waals surface area contributed by atoms with Gasteiger partial charge in [-0.2, -0.15) is 5.10 Å². The quantitative estimate of drug-likeness (QED) is 0.587. The number of rotatable bonds is 4. The summed E-state index contributed by atoms with van der Waals surface area (Å²) in [5.41, 5.74) is 10.2. The predicted molar refractivity (Wildman–Crippen MR) is 98.0 cm³/mol. The average molecular weight is 335 g/mol. The molecule has 25 heavy (non-hydrogen) atoms. The fourth-order valence-electron chi connectivity index (χ4n) is 4.79. The number of aromatic nitrogens is 3. The number of hydrogen-bond donors (Lipinski definition) is 4. The zero-order valence-electron chi connectivity index (χ0n) is 14.1. The van der Waals surface area contributed by atoms with Gasteiger partial charge in [0.15, 0.2) is 0 Å².